The van der Waals surface area contributed by atoms with E-state index in [0.717, 1.165) is 33.2 Å². The van der Waals surface area contributed by atoms with Gasteiger partial charge in [0.15, 0.2) is 0 Å². The van der Waals surface area contributed by atoms with Crippen molar-refractivity contribution in [1.29, 1.82) is 0 Å². The number of aromatic nitrogens is 2. The zero-order chi connectivity index (χ0) is 29.2. The number of fused-ring (bicyclic) bond motifs is 2. The predicted octanol–water partition coefficient (Wildman–Crippen LogP) is 8.73. The lowest BCUT2D eigenvalue weighted by atomic mass is 10.1. The van der Waals surface area contributed by atoms with Crippen LogP contribution < -0.4 is 10.3 Å². The van der Waals surface area contributed by atoms with Gasteiger partial charge in [0, 0.05) is 26.7 Å². The zero-order valence-corrected chi connectivity index (χ0v) is 24.4. The molecule has 42 heavy (non-hydrogen) atoms. The highest BCUT2D eigenvalue weighted by Gasteiger charge is 2.13. The van der Waals surface area contributed by atoms with Crippen LogP contribution in [-0.4, -0.2) is 16.7 Å². The molecule has 0 bridgehead atoms. The van der Waals surface area contributed by atoms with Gasteiger partial charge in [-0.15, -0.1) is 0 Å². The summed E-state index contributed by atoms with van der Waals surface area (Å²) in [5.74, 6) is 7.82. The summed E-state index contributed by atoms with van der Waals surface area (Å²) in [5, 5.41) is 3.74. The van der Waals surface area contributed by atoms with Crippen LogP contribution >= 0.6 is 23.2 Å². The molecule has 0 aliphatic carbocycles. The Morgan fingerprint density at radius 1 is 0.786 bits per heavy atom. The summed E-state index contributed by atoms with van der Waals surface area (Å²) in [6.07, 6.45) is 3.55. The largest absolute Gasteiger partial charge is 0.497 e. The van der Waals surface area contributed by atoms with E-state index in [4.69, 9.17) is 32.9 Å². The summed E-state index contributed by atoms with van der Waals surface area (Å²) in [7, 11) is 1.66. The Morgan fingerprint density at radius 2 is 1.48 bits per heavy atom. The Morgan fingerprint density at radius 3 is 2.24 bits per heavy atom. The van der Waals surface area contributed by atoms with Crippen LogP contribution in [0.15, 0.2) is 102 Å². The third-order valence-corrected chi connectivity index (χ3v) is 7.70. The van der Waals surface area contributed by atoms with Gasteiger partial charge in [0.1, 0.15) is 11.6 Å². The molecule has 0 saturated carbocycles. The van der Waals surface area contributed by atoms with E-state index in [9.17, 15) is 4.79 Å². The minimum Gasteiger partial charge on any atom is -0.497 e. The van der Waals surface area contributed by atoms with Crippen LogP contribution in [0.2, 0.25) is 10.0 Å². The summed E-state index contributed by atoms with van der Waals surface area (Å²) >= 11 is 12.8. The molecule has 204 valence electrons. The zero-order valence-electron chi connectivity index (χ0n) is 22.9. The molecule has 0 radical (unpaired) electrons. The van der Waals surface area contributed by atoms with Crippen LogP contribution in [0.3, 0.4) is 0 Å². The van der Waals surface area contributed by atoms with Crippen LogP contribution in [0.25, 0.3) is 39.5 Å². The molecule has 6 rings (SSSR count). The molecule has 1 aromatic heterocycles. The smallest absolute Gasteiger partial charge is 0.266 e. The standard InChI is InChI=1S/C36H24Cl2N2O2/c1-23-20-24(10-11-25-12-14-27-22-28(42-2)16-15-26(27)21-25)13-18-34(23)40-35(19-17-29-31(37)7-5-8-32(29)38)39-33-9-4-3-6-30(33)36(40)41/h3-9,12-22H,1-2H3/b19-17+. The number of benzene rings is 5. The monoisotopic (exact) mass is 586 g/mol. The molecule has 1 heterocycles. The first kappa shape index (κ1) is 27.4. The summed E-state index contributed by atoms with van der Waals surface area (Å²) in [6.45, 7) is 1.96. The van der Waals surface area contributed by atoms with Gasteiger partial charge in [0.05, 0.1) is 23.7 Å². The number of hydrogen-bond acceptors (Lipinski definition) is 3. The highest BCUT2D eigenvalue weighted by Crippen LogP contribution is 2.27. The van der Waals surface area contributed by atoms with Gasteiger partial charge in [0.2, 0.25) is 0 Å². The van der Waals surface area contributed by atoms with Crippen LogP contribution in [0.4, 0.5) is 0 Å². The van der Waals surface area contributed by atoms with Gasteiger partial charge in [-0.2, -0.15) is 0 Å². The van der Waals surface area contributed by atoms with Crippen molar-refractivity contribution in [3.8, 4) is 23.3 Å². The lowest BCUT2D eigenvalue weighted by molar-refractivity contribution is 0.415. The second-order valence-electron chi connectivity index (χ2n) is 9.78. The van der Waals surface area contributed by atoms with E-state index < -0.39 is 0 Å². The van der Waals surface area contributed by atoms with Crippen LogP contribution in [0.1, 0.15) is 28.1 Å². The lowest BCUT2D eigenvalue weighted by Gasteiger charge is -2.14. The van der Waals surface area contributed by atoms with Crippen molar-refractivity contribution in [2.75, 3.05) is 7.11 Å². The quantitative estimate of drug-likeness (QED) is 0.194. The molecule has 0 spiro atoms. The first-order valence-electron chi connectivity index (χ1n) is 13.3. The van der Waals surface area contributed by atoms with Crippen LogP contribution in [0.5, 0.6) is 5.75 Å². The van der Waals surface area contributed by atoms with Crippen molar-refractivity contribution >= 4 is 57.0 Å². The number of nitrogens with zero attached hydrogens (tertiary/aromatic N) is 2. The summed E-state index contributed by atoms with van der Waals surface area (Å²) in [5.41, 5.74) is 4.45. The molecule has 0 atom stereocenters. The first-order chi connectivity index (χ1) is 20.4. The third kappa shape index (κ3) is 5.41. The molecule has 5 aromatic carbocycles. The highest BCUT2D eigenvalue weighted by atomic mass is 35.5. The normalized spacial score (nSPS) is 11.1. The van der Waals surface area contributed by atoms with Crippen molar-refractivity contribution in [1.82, 2.24) is 9.55 Å². The maximum Gasteiger partial charge on any atom is 0.266 e. The Kier molecular flexibility index (Phi) is 7.54. The van der Waals surface area contributed by atoms with E-state index >= 15 is 0 Å². The minimum absolute atomic E-state index is 0.166. The van der Waals surface area contributed by atoms with Gasteiger partial charge in [-0.1, -0.05) is 65.4 Å². The van der Waals surface area contributed by atoms with Crippen LogP contribution in [0, 0.1) is 18.8 Å². The predicted molar refractivity (Wildman–Crippen MR) is 174 cm³/mol. The average molecular weight is 588 g/mol. The van der Waals surface area contributed by atoms with Crippen LogP contribution in [-0.2, 0) is 0 Å². The topological polar surface area (TPSA) is 44.1 Å². The second-order valence-corrected chi connectivity index (χ2v) is 10.6. The SMILES string of the molecule is COc1ccc2cc(C#Cc3ccc(-n4c(/C=C/c5c(Cl)cccc5Cl)nc5ccccc5c4=O)c(C)c3)ccc2c1. The fraction of sp³-hybridized carbons (Fsp3) is 0.0556. The number of methoxy groups -OCH3 is 1. The molecular formula is C36H24Cl2N2O2. The molecule has 0 unspecified atom stereocenters. The minimum atomic E-state index is -0.166. The van der Waals surface area contributed by atoms with Gasteiger partial charge in [0.25, 0.3) is 5.56 Å². The Bertz CT molecular complexity index is 2130. The van der Waals surface area contributed by atoms with Gasteiger partial charge in [-0.05, 0) is 102 Å². The van der Waals surface area contributed by atoms with E-state index in [1.807, 2.05) is 73.7 Å². The molecule has 0 aliphatic rings. The number of ether oxygens (including phenoxy) is 1. The molecule has 0 fully saturated rings. The Balaban J connectivity index is 1.40. The third-order valence-electron chi connectivity index (χ3n) is 7.04. The molecule has 0 aliphatic heterocycles. The van der Waals surface area contributed by atoms with Gasteiger partial charge >= 0.3 is 0 Å². The number of para-hydroxylation sites is 1. The summed E-state index contributed by atoms with van der Waals surface area (Å²) in [6, 6.07) is 30.5. The van der Waals surface area contributed by atoms with Crippen molar-refractivity contribution in [2.24, 2.45) is 0 Å². The van der Waals surface area contributed by atoms with Crippen molar-refractivity contribution < 1.29 is 4.74 Å². The molecule has 0 N–H and O–H groups in total. The Labute approximate surface area is 253 Å². The second kappa shape index (κ2) is 11.6. The summed E-state index contributed by atoms with van der Waals surface area (Å²) in [4.78, 5) is 18.6. The van der Waals surface area contributed by atoms with Gasteiger partial charge < -0.3 is 4.74 Å². The van der Waals surface area contributed by atoms with E-state index in [0.29, 0.717) is 38.0 Å². The molecule has 0 amide bonds. The highest BCUT2D eigenvalue weighted by molar-refractivity contribution is 6.37. The molecule has 6 aromatic rings. The van der Waals surface area contributed by atoms with Crippen molar-refractivity contribution in [2.45, 2.75) is 6.92 Å². The van der Waals surface area contributed by atoms with E-state index in [1.54, 1.807) is 48.1 Å². The molecular weight excluding hydrogens is 563 g/mol. The fourth-order valence-corrected chi connectivity index (χ4v) is 5.40. The number of aryl methyl sites for hydroxylation is 1. The van der Waals surface area contributed by atoms with Gasteiger partial charge in [-0.25, -0.2) is 4.98 Å². The maximum absolute atomic E-state index is 13.8. The van der Waals surface area contributed by atoms with E-state index in [-0.39, 0.29) is 5.56 Å². The maximum atomic E-state index is 13.8. The van der Waals surface area contributed by atoms with E-state index in [1.165, 1.54) is 0 Å². The number of rotatable bonds is 4. The number of halogens is 2. The number of hydrogen-bond donors (Lipinski definition) is 0. The van der Waals surface area contributed by atoms with Crippen molar-refractivity contribution in [3.05, 3.63) is 146 Å². The summed E-state index contributed by atoms with van der Waals surface area (Å²) < 4.78 is 6.94. The molecule has 6 heteroatoms. The first-order valence-corrected chi connectivity index (χ1v) is 14.0. The van der Waals surface area contributed by atoms with Gasteiger partial charge in [-0.3, -0.25) is 9.36 Å². The molecule has 4 nitrogen and oxygen atoms in total. The lowest BCUT2D eigenvalue weighted by Crippen LogP contribution is -2.23. The molecule has 0 saturated heterocycles. The van der Waals surface area contributed by atoms with Crippen molar-refractivity contribution in [3.63, 3.8) is 0 Å². The Hall–Kier alpha value is -4.82. The van der Waals surface area contributed by atoms with E-state index in [2.05, 4.69) is 17.9 Å². The fourth-order valence-electron chi connectivity index (χ4n) is 4.88. The average Bonchev–Trinajstić information content (AvgIpc) is 3.00.